The average Bonchev–Trinajstić information content (AvgIpc) is 2.45. The van der Waals surface area contributed by atoms with Crippen LogP contribution < -0.4 is 11.1 Å². The monoisotopic (exact) mass is 290 g/mol. The van der Waals surface area contributed by atoms with Gasteiger partial charge in [0.15, 0.2) is 0 Å². The fourth-order valence-corrected chi connectivity index (χ4v) is 2.08. The number of benzene rings is 2. The summed E-state index contributed by atoms with van der Waals surface area (Å²) in [6.45, 7) is 0.319. The van der Waals surface area contributed by atoms with Crippen LogP contribution in [-0.2, 0) is 0 Å². The summed E-state index contributed by atoms with van der Waals surface area (Å²) in [5, 5.41) is 13.7. The standard InChI is InChI=1S/C15H15ClN2O2/c16-13-4-2-1-3-12(13)14(19)9-18-11-7-5-10(6-8-11)15(17)20/h1-8,14,18-19H,9H2,(H2,17,20). The van der Waals surface area contributed by atoms with Gasteiger partial charge in [-0.1, -0.05) is 29.8 Å². The Labute approximate surface area is 122 Å². The number of amides is 1. The van der Waals surface area contributed by atoms with Crippen LogP contribution in [0.4, 0.5) is 5.69 Å². The summed E-state index contributed by atoms with van der Waals surface area (Å²) < 4.78 is 0. The van der Waals surface area contributed by atoms with Crippen molar-refractivity contribution in [3.63, 3.8) is 0 Å². The van der Waals surface area contributed by atoms with Crippen LogP contribution in [0.5, 0.6) is 0 Å². The van der Waals surface area contributed by atoms with E-state index in [-0.39, 0.29) is 0 Å². The van der Waals surface area contributed by atoms with Gasteiger partial charge in [-0.2, -0.15) is 0 Å². The molecule has 4 nitrogen and oxygen atoms in total. The van der Waals surface area contributed by atoms with Crippen LogP contribution in [-0.4, -0.2) is 17.6 Å². The van der Waals surface area contributed by atoms with E-state index in [2.05, 4.69) is 5.32 Å². The zero-order valence-electron chi connectivity index (χ0n) is 10.7. The molecular formula is C15H15ClN2O2. The highest BCUT2D eigenvalue weighted by Gasteiger charge is 2.10. The smallest absolute Gasteiger partial charge is 0.248 e. The molecule has 0 aromatic heterocycles. The zero-order chi connectivity index (χ0) is 14.5. The second-order valence-electron chi connectivity index (χ2n) is 4.36. The molecule has 0 spiro atoms. The fourth-order valence-electron chi connectivity index (χ4n) is 1.82. The number of aliphatic hydroxyl groups is 1. The SMILES string of the molecule is NC(=O)c1ccc(NCC(O)c2ccccc2Cl)cc1. The number of rotatable bonds is 5. The van der Waals surface area contributed by atoms with Gasteiger partial charge in [0, 0.05) is 28.4 Å². The van der Waals surface area contributed by atoms with Crippen molar-refractivity contribution in [1.29, 1.82) is 0 Å². The Kier molecular flexibility index (Phi) is 4.61. The van der Waals surface area contributed by atoms with Crippen molar-refractivity contribution in [3.05, 3.63) is 64.7 Å². The number of carbonyl (C=O) groups excluding carboxylic acids is 1. The first-order chi connectivity index (χ1) is 9.58. The Morgan fingerprint density at radius 2 is 1.85 bits per heavy atom. The molecule has 0 aliphatic heterocycles. The van der Waals surface area contributed by atoms with Crippen LogP contribution in [0.15, 0.2) is 48.5 Å². The van der Waals surface area contributed by atoms with Crippen molar-refractivity contribution in [3.8, 4) is 0 Å². The Balaban J connectivity index is 1.98. The third-order valence-corrected chi connectivity index (χ3v) is 3.28. The highest BCUT2D eigenvalue weighted by molar-refractivity contribution is 6.31. The molecule has 0 heterocycles. The third kappa shape index (κ3) is 3.50. The van der Waals surface area contributed by atoms with Crippen molar-refractivity contribution in [1.82, 2.24) is 0 Å². The second-order valence-corrected chi connectivity index (χ2v) is 4.77. The molecule has 2 aromatic rings. The van der Waals surface area contributed by atoms with Crippen molar-refractivity contribution in [2.45, 2.75) is 6.10 Å². The molecule has 20 heavy (non-hydrogen) atoms. The molecule has 5 heteroatoms. The van der Waals surface area contributed by atoms with Crippen molar-refractivity contribution < 1.29 is 9.90 Å². The van der Waals surface area contributed by atoms with Crippen LogP contribution in [0.1, 0.15) is 22.0 Å². The number of hydrogen-bond acceptors (Lipinski definition) is 3. The van der Waals surface area contributed by atoms with E-state index in [1.54, 1.807) is 36.4 Å². The van der Waals surface area contributed by atoms with E-state index in [1.165, 1.54) is 0 Å². The Bertz CT molecular complexity index is 599. The first kappa shape index (κ1) is 14.4. The van der Waals surface area contributed by atoms with Gasteiger partial charge < -0.3 is 16.2 Å². The third-order valence-electron chi connectivity index (χ3n) is 2.93. The summed E-state index contributed by atoms with van der Waals surface area (Å²) in [7, 11) is 0. The fraction of sp³-hybridized carbons (Fsp3) is 0.133. The molecule has 0 aliphatic rings. The second kappa shape index (κ2) is 6.41. The molecule has 0 saturated heterocycles. The molecule has 1 atom stereocenters. The van der Waals surface area contributed by atoms with Crippen LogP contribution in [0.25, 0.3) is 0 Å². The van der Waals surface area contributed by atoms with Crippen LogP contribution >= 0.6 is 11.6 Å². The van der Waals surface area contributed by atoms with Gasteiger partial charge in [0.1, 0.15) is 0 Å². The lowest BCUT2D eigenvalue weighted by Crippen LogP contribution is -2.13. The van der Waals surface area contributed by atoms with Crippen LogP contribution in [0, 0.1) is 0 Å². The largest absolute Gasteiger partial charge is 0.387 e. The highest BCUT2D eigenvalue weighted by atomic mass is 35.5. The Hall–Kier alpha value is -2.04. The lowest BCUT2D eigenvalue weighted by Gasteiger charge is -2.14. The molecule has 0 bridgehead atoms. The molecule has 2 aromatic carbocycles. The van der Waals surface area contributed by atoms with E-state index in [1.807, 2.05) is 12.1 Å². The average molecular weight is 291 g/mol. The maximum Gasteiger partial charge on any atom is 0.248 e. The van der Waals surface area contributed by atoms with E-state index >= 15 is 0 Å². The van der Waals surface area contributed by atoms with Crippen molar-refractivity contribution in [2.75, 3.05) is 11.9 Å². The minimum atomic E-state index is -0.709. The molecule has 1 unspecified atom stereocenters. The number of primary amides is 1. The van der Waals surface area contributed by atoms with E-state index in [9.17, 15) is 9.90 Å². The quantitative estimate of drug-likeness (QED) is 0.792. The van der Waals surface area contributed by atoms with Gasteiger partial charge in [-0.25, -0.2) is 0 Å². The van der Waals surface area contributed by atoms with Crippen molar-refractivity contribution in [2.24, 2.45) is 5.73 Å². The van der Waals surface area contributed by atoms with Crippen molar-refractivity contribution >= 4 is 23.2 Å². The molecule has 0 aliphatic carbocycles. The predicted molar refractivity (Wildman–Crippen MR) is 79.9 cm³/mol. The summed E-state index contributed by atoms with van der Waals surface area (Å²) in [5.74, 6) is -0.465. The van der Waals surface area contributed by atoms with Gasteiger partial charge in [-0.3, -0.25) is 4.79 Å². The van der Waals surface area contributed by atoms with Crippen LogP contribution in [0.2, 0.25) is 5.02 Å². The maximum atomic E-state index is 10.9. The number of aliphatic hydroxyl groups excluding tert-OH is 1. The van der Waals surface area contributed by atoms with Gasteiger partial charge in [-0.15, -0.1) is 0 Å². The zero-order valence-corrected chi connectivity index (χ0v) is 11.5. The summed E-state index contributed by atoms with van der Waals surface area (Å²) in [4.78, 5) is 10.9. The molecule has 0 radical (unpaired) electrons. The van der Waals surface area contributed by atoms with E-state index in [0.29, 0.717) is 22.7 Å². The molecule has 0 fully saturated rings. The Morgan fingerprint density at radius 3 is 2.45 bits per heavy atom. The van der Waals surface area contributed by atoms with Gasteiger partial charge in [0.05, 0.1) is 6.10 Å². The topological polar surface area (TPSA) is 75.4 Å². The van der Waals surface area contributed by atoms with E-state index in [4.69, 9.17) is 17.3 Å². The minimum Gasteiger partial charge on any atom is -0.387 e. The molecule has 104 valence electrons. The number of nitrogens with two attached hydrogens (primary N) is 1. The van der Waals surface area contributed by atoms with E-state index in [0.717, 1.165) is 5.69 Å². The summed E-state index contributed by atoms with van der Waals surface area (Å²) in [6, 6.07) is 13.9. The number of anilines is 1. The van der Waals surface area contributed by atoms with Gasteiger partial charge in [0.25, 0.3) is 0 Å². The minimum absolute atomic E-state index is 0.319. The number of nitrogens with one attached hydrogen (secondary N) is 1. The first-order valence-corrected chi connectivity index (χ1v) is 6.52. The molecule has 2 rings (SSSR count). The predicted octanol–water partition coefficient (Wildman–Crippen LogP) is 2.58. The number of carbonyl (C=O) groups is 1. The maximum absolute atomic E-state index is 10.9. The summed E-state index contributed by atoms with van der Waals surface area (Å²) >= 11 is 6.02. The molecule has 0 saturated carbocycles. The summed E-state index contributed by atoms with van der Waals surface area (Å²) in [6.07, 6.45) is -0.709. The number of halogens is 1. The molecule has 1 amide bonds. The van der Waals surface area contributed by atoms with E-state index < -0.39 is 12.0 Å². The normalized spacial score (nSPS) is 11.9. The lowest BCUT2D eigenvalue weighted by molar-refractivity contribution is 0.100. The van der Waals surface area contributed by atoms with Gasteiger partial charge in [0.2, 0.25) is 5.91 Å². The Morgan fingerprint density at radius 1 is 1.20 bits per heavy atom. The molecule has 4 N–H and O–H groups in total. The lowest BCUT2D eigenvalue weighted by atomic mass is 10.1. The van der Waals surface area contributed by atoms with Gasteiger partial charge in [-0.05, 0) is 30.3 Å². The highest BCUT2D eigenvalue weighted by Crippen LogP contribution is 2.22. The van der Waals surface area contributed by atoms with Gasteiger partial charge >= 0.3 is 0 Å². The van der Waals surface area contributed by atoms with Crippen LogP contribution in [0.3, 0.4) is 0 Å². The number of hydrogen-bond donors (Lipinski definition) is 3. The first-order valence-electron chi connectivity index (χ1n) is 6.14. The molecular weight excluding hydrogens is 276 g/mol. The summed E-state index contributed by atoms with van der Waals surface area (Å²) in [5.41, 5.74) is 7.08.